The van der Waals surface area contributed by atoms with Crippen molar-refractivity contribution in [3.05, 3.63) is 135 Å². The minimum atomic E-state index is -5.05. The number of halogens is 12. The molecule has 0 unspecified atom stereocenters. The van der Waals surface area contributed by atoms with E-state index >= 15 is 17.6 Å². The normalized spacial score (nSPS) is 12.0. The van der Waals surface area contributed by atoms with Gasteiger partial charge < -0.3 is 4.74 Å². The van der Waals surface area contributed by atoms with Gasteiger partial charge in [-0.2, -0.15) is 22.0 Å². The SMILES string of the molecule is CCCCc1ccc(-c2cc(F)c(C(F)(F)Oc3ccc(-c4cc(F)c(-c5ccc(C(F)(F)F)c(F)c5)c(F)c4)c(F)c3)c(Cl)c2)c(F)c1. The summed E-state index contributed by atoms with van der Waals surface area (Å²) in [6.45, 7) is 1.97. The minimum Gasteiger partial charge on any atom is -0.429 e. The van der Waals surface area contributed by atoms with Gasteiger partial charge in [-0.3, -0.25) is 0 Å². The molecular formula is C36H22ClF11O. The van der Waals surface area contributed by atoms with E-state index < -0.39 is 91.3 Å². The third-order valence-electron chi connectivity index (χ3n) is 7.60. The van der Waals surface area contributed by atoms with Crippen molar-refractivity contribution in [2.75, 3.05) is 0 Å². The van der Waals surface area contributed by atoms with Gasteiger partial charge in [-0.1, -0.05) is 43.1 Å². The molecule has 0 saturated heterocycles. The third kappa shape index (κ3) is 7.54. The van der Waals surface area contributed by atoms with Gasteiger partial charge in [0.1, 0.15) is 46.2 Å². The Morgan fingerprint density at radius 3 is 1.71 bits per heavy atom. The molecule has 0 aliphatic rings. The summed E-state index contributed by atoms with van der Waals surface area (Å²) in [5.41, 5.74) is -4.98. The molecule has 0 aliphatic carbocycles. The Bertz CT molecular complexity index is 1990. The van der Waals surface area contributed by atoms with Crippen LogP contribution < -0.4 is 4.74 Å². The van der Waals surface area contributed by atoms with E-state index in [1.165, 1.54) is 12.1 Å². The van der Waals surface area contributed by atoms with Crippen LogP contribution in [0.5, 0.6) is 5.75 Å². The van der Waals surface area contributed by atoms with Crippen LogP contribution in [0, 0.1) is 34.9 Å². The van der Waals surface area contributed by atoms with Crippen molar-refractivity contribution in [3.63, 3.8) is 0 Å². The fourth-order valence-corrected chi connectivity index (χ4v) is 5.55. The van der Waals surface area contributed by atoms with E-state index in [2.05, 4.69) is 4.74 Å². The standard InChI is InChI=1S/C36H22ClF11O/c1-2-3-4-18-5-8-23(27(38)11-18)20-12-26(37)34(32(43)16-20)36(47,48)49-22-7-9-24(28(39)17-22)21-14-30(41)33(31(42)15-21)19-6-10-25(29(40)13-19)35(44,45)46/h5-17H,2-4H2,1H3. The Kier molecular flexibility index (Phi) is 10.0. The van der Waals surface area contributed by atoms with Crippen LogP contribution >= 0.6 is 11.6 Å². The summed E-state index contributed by atoms with van der Waals surface area (Å²) in [6.07, 6.45) is -7.22. The van der Waals surface area contributed by atoms with Crippen molar-refractivity contribution < 1.29 is 53.0 Å². The Hall–Kier alpha value is -4.58. The number of hydrogen-bond donors (Lipinski definition) is 0. The zero-order chi connectivity index (χ0) is 35.8. The smallest absolute Gasteiger partial charge is 0.429 e. The second-order valence-corrected chi connectivity index (χ2v) is 11.4. The molecule has 0 spiro atoms. The lowest BCUT2D eigenvalue weighted by atomic mass is 9.97. The molecule has 0 N–H and O–H groups in total. The number of ether oxygens (including phenoxy) is 1. The van der Waals surface area contributed by atoms with Gasteiger partial charge in [0, 0.05) is 17.2 Å². The molecule has 0 amide bonds. The maximum atomic E-state index is 15.2. The second-order valence-electron chi connectivity index (χ2n) is 11.0. The van der Waals surface area contributed by atoms with Crippen LogP contribution in [0.4, 0.5) is 48.3 Å². The molecule has 5 aromatic carbocycles. The van der Waals surface area contributed by atoms with E-state index in [4.69, 9.17) is 11.6 Å². The van der Waals surface area contributed by atoms with E-state index in [1.54, 1.807) is 6.07 Å². The summed E-state index contributed by atoms with van der Waals surface area (Å²) in [5, 5.41) is -0.814. The van der Waals surface area contributed by atoms with Gasteiger partial charge in [0.15, 0.2) is 0 Å². The van der Waals surface area contributed by atoms with E-state index in [9.17, 15) is 30.7 Å². The zero-order valence-corrected chi connectivity index (χ0v) is 25.8. The van der Waals surface area contributed by atoms with Crippen LogP contribution in [0.1, 0.15) is 36.5 Å². The number of rotatable bonds is 9. The average molecular weight is 715 g/mol. The van der Waals surface area contributed by atoms with Crippen LogP contribution in [-0.4, -0.2) is 0 Å². The monoisotopic (exact) mass is 714 g/mol. The summed E-state index contributed by atoms with van der Waals surface area (Å²) in [4.78, 5) is 0. The lowest BCUT2D eigenvalue weighted by Gasteiger charge is -2.21. The molecule has 13 heteroatoms. The van der Waals surface area contributed by atoms with E-state index in [0.29, 0.717) is 54.4 Å². The van der Waals surface area contributed by atoms with E-state index in [1.807, 2.05) is 6.92 Å². The molecule has 0 bridgehead atoms. The van der Waals surface area contributed by atoms with Crippen LogP contribution in [0.25, 0.3) is 33.4 Å². The van der Waals surface area contributed by atoms with Gasteiger partial charge in [-0.05, 0) is 89.7 Å². The maximum absolute atomic E-state index is 15.2. The molecule has 0 radical (unpaired) electrons. The highest BCUT2D eigenvalue weighted by Crippen LogP contribution is 2.42. The van der Waals surface area contributed by atoms with Gasteiger partial charge in [0.25, 0.3) is 0 Å². The molecule has 0 heterocycles. The topological polar surface area (TPSA) is 9.23 Å². The van der Waals surface area contributed by atoms with Crippen molar-refractivity contribution in [1.82, 2.24) is 0 Å². The molecule has 0 saturated carbocycles. The molecule has 1 nitrogen and oxygen atoms in total. The first-order chi connectivity index (χ1) is 23.0. The number of unbranched alkanes of at least 4 members (excludes halogenated alkanes) is 1. The van der Waals surface area contributed by atoms with Crippen molar-refractivity contribution in [1.29, 1.82) is 0 Å². The lowest BCUT2D eigenvalue weighted by Crippen LogP contribution is -2.24. The molecule has 5 aromatic rings. The molecule has 256 valence electrons. The number of benzene rings is 5. The van der Waals surface area contributed by atoms with Gasteiger partial charge in [0.2, 0.25) is 0 Å². The van der Waals surface area contributed by atoms with Crippen LogP contribution in [-0.2, 0) is 18.7 Å². The lowest BCUT2D eigenvalue weighted by molar-refractivity contribution is -0.187. The molecule has 0 aliphatic heterocycles. The summed E-state index contributed by atoms with van der Waals surface area (Å²) in [6, 6.07) is 10.4. The van der Waals surface area contributed by atoms with Crippen molar-refractivity contribution in [2.24, 2.45) is 0 Å². The minimum absolute atomic E-state index is 0.0816. The van der Waals surface area contributed by atoms with Crippen LogP contribution in [0.2, 0.25) is 5.02 Å². The quantitative estimate of drug-likeness (QED) is 0.138. The van der Waals surface area contributed by atoms with Gasteiger partial charge in [0.05, 0.1) is 16.1 Å². The average Bonchev–Trinajstić information content (AvgIpc) is 2.98. The fourth-order valence-electron chi connectivity index (χ4n) is 5.23. The number of alkyl halides is 5. The van der Waals surface area contributed by atoms with Gasteiger partial charge in [-0.25, -0.2) is 26.3 Å². The van der Waals surface area contributed by atoms with Crippen molar-refractivity contribution in [2.45, 2.75) is 38.5 Å². The summed E-state index contributed by atoms with van der Waals surface area (Å²) in [7, 11) is 0. The molecule has 0 aromatic heterocycles. The molecule has 49 heavy (non-hydrogen) atoms. The Morgan fingerprint density at radius 2 is 1.16 bits per heavy atom. The van der Waals surface area contributed by atoms with E-state index in [-0.39, 0.29) is 11.1 Å². The highest BCUT2D eigenvalue weighted by atomic mass is 35.5. The second kappa shape index (κ2) is 13.7. The van der Waals surface area contributed by atoms with Gasteiger partial charge in [-0.15, -0.1) is 0 Å². The van der Waals surface area contributed by atoms with Crippen molar-refractivity contribution >= 4 is 11.6 Å². The Balaban J connectivity index is 1.39. The molecule has 0 atom stereocenters. The maximum Gasteiger partial charge on any atom is 0.431 e. The molecule has 5 rings (SSSR count). The highest BCUT2D eigenvalue weighted by Gasteiger charge is 2.41. The van der Waals surface area contributed by atoms with Crippen LogP contribution in [0.15, 0.2) is 78.9 Å². The predicted octanol–water partition coefficient (Wildman–Crippen LogP) is 12.7. The third-order valence-corrected chi connectivity index (χ3v) is 7.90. The Labute approximate surface area is 277 Å². The Morgan fingerprint density at radius 1 is 0.592 bits per heavy atom. The molecule has 0 fully saturated rings. The zero-order valence-electron chi connectivity index (χ0n) is 25.1. The predicted molar refractivity (Wildman–Crippen MR) is 162 cm³/mol. The fraction of sp³-hybridized carbons (Fsp3) is 0.167. The first kappa shape index (κ1) is 35.7. The number of aryl methyl sites for hydroxylation is 1. The first-order valence-corrected chi connectivity index (χ1v) is 14.9. The van der Waals surface area contributed by atoms with Crippen molar-refractivity contribution in [3.8, 4) is 39.1 Å². The van der Waals surface area contributed by atoms with E-state index in [0.717, 1.165) is 31.0 Å². The number of hydrogen-bond acceptors (Lipinski definition) is 1. The summed E-state index contributed by atoms with van der Waals surface area (Å²) >= 11 is 6.01. The summed E-state index contributed by atoms with van der Waals surface area (Å²) < 4.78 is 163. The van der Waals surface area contributed by atoms with Crippen LogP contribution in [0.3, 0.4) is 0 Å². The largest absolute Gasteiger partial charge is 0.431 e. The van der Waals surface area contributed by atoms with Gasteiger partial charge >= 0.3 is 12.3 Å². The summed E-state index contributed by atoms with van der Waals surface area (Å²) in [5.74, 6) is -8.94. The first-order valence-electron chi connectivity index (χ1n) is 14.5. The molecular weight excluding hydrogens is 693 g/mol. The highest BCUT2D eigenvalue weighted by molar-refractivity contribution is 6.31.